The molecule has 1 aliphatic heterocycles. The number of carbonyl (C=O) groups is 2. The zero-order valence-corrected chi connectivity index (χ0v) is 11.3. The molecule has 1 heterocycles. The predicted octanol–water partition coefficient (Wildman–Crippen LogP) is -1.21. The molecule has 19 heavy (non-hydrogen) atoms. The van der Waals surface area contributed by atoms with Gasteiger partial charge in [-0.3, -0.25) is 9.59 Å². The van der Waals surface area contributed by atoms with Crippen LogP contribution in [0.5, 0.6) is 0 Å². The molecule has 1 fully saturated rings. The number of aliphatic hydroxyl groups is 1. The van der Waals surface area contributed by atoms with Gasteiger partial charge in [0.2, 0.25) is 10.0 Å². The van der Waals surface area contributed by atoms with E-state index in [-0.39, 0.29) is 31.6 Å². The molecule has 2 N–H and O–H groups in total. The summed E-state index contributed by atoms with van der Waals surface area (Å²) in [4.78, 5) is 21.8. The molecule has 0 bridgehead atoms. The molecule has 1 unspecified atom stereocenters. The maximum atomic E-state index is 12.0. The third-order valence-electron chi connectivity index (χ3n) is 2.89. The number of carboxylic acids is 1. The average Bonchev–Trinajstić information content (AvgIpc) is 2.72. The van der Waals surface area contributed by atoms with Crippen LogP contribution in [-0.2, 0) is 24.3 Å². The molecule has 0 spiro atoms. The molecule has 0 aliphatic carbocycles. The number of nitrogens with zero attached hydrogens (tertiary/aromatic N) is 1. The van der Waals surface area contributed by atoms with Gasteiger partial charge in [0.1, 0.15) is 6.04 Å². The van der Waals surface area contributed by atoms with Crippen LogP contribution in [-0.4, -0.2) is 66.4 Å². The second-order valence-corrected chi connectivity index (χ2v) is 6.35. The van der Waals surface area contributed by atoms with E-state index in [1.165, 1.54) is 7.11 Å². The molecule has 1 aliphatic rings. The molecule has 8 nitrogen and oxygen atoms in total. The van der Waals surface area contributed by atoms with Gasteiger partial charge in [-0.2, -0.15) is 4.31 Å². The van der Waals surface area contributed by atoms with Gasteiger partial charge in [0, 0.05) is 19.4 Å². The highest BCUT2D eigenvalue weighted by molar-refractivity contribution is 7.89. The van der Waals surface area contributed by atoms with E-state index in [1.54, 1.807) is 0 Å². The van der Waals surface area contributed by atoms with Crippen LogP contribution in [0.25, 0.3) is 0 Å². The molecular weight excluding hydrogens is 278 g/mol. The molecule has 0 aromatic heterocycles. The summed E-state index contributed by atoms with van der Waals surface area (Å²) in [5.41, 5.74) is 0. The topological polar surface area (TPSA) is 121 Å². The maximum Gasteiger partial charge on any atom is 0.322 e. The van der Waals surface area contributed by atoms with Crippen molar-refractivity contribution in [2.24, 2.45) is 0 Å². The highest BCUT2D eigenvalue weighted by Gasteiger charge is 2.42. The van der Waals surface area contributed by atoms with Gasteiger partial charge >= 0.3 is 11.9 Å². The van der Waals surface area contributed by atoms with Gasteiger partial charge in [0.05, 0.1) is 19.0 Å². The van der Waals surface area contributed by atoms with E-state index in [0.717, 1.165) is 4.31 Å². The minimum absolute atomic E-state index is 0.0495. The smallest absolute Gasteiger partial charge is 0.322 e. The summed E-state index contributed by atoms with van der Waals surface area (Å²) in [7, 11) is -2.60. The quantitative estimate of drug-likeness (QED) is 0.590. The standard InChI is InChI=1S/C10H17NO7S/c1-18-9(13)3-2-4-19(16,17)11-6-7(12)5-8(11)10(14)15/h7-8,12H,2-6H2,1H3,(H,14,15)/t7?,8-/m0/s1. The van der Waals surface area contributed by atoms with Crippen LogP contribution in [0.15, 0.2) is 0 Å². The van der Waals surface area contributed by atoms with Crippen molar-refractivity contribution >= 4 is 22.0 Å². The lowest BCUT2D eigenvalue weighted by molar-refractivity contribution is -0.141. The van der Waals surface area contributed by atoms with Crippen molar-refractivity contribution in [3.63, 3.8) is 0 Å². The highest BCUT2D eigenvalue weighted by Crippen LogP contribution is 2.22. The fraction of sp³-hybridized carbons (Fsp3) is 0.800. The van der Waals surface area contributed by atoms with E-state index >= 15 is 0 Å². The fourth-order valence-corrected chi connectivity index (χ4v) is 3.64. The number of β-amino-alcohol motifs (C(OH)–C–C–N with tert-alkyl or cyclic N) is 1. The first kappa shape index (κ1) is 15.9. The number of ether oxygens (including phenoxy) is 1. The van der Waals surface area contributed by atoms with Crippen LogP contribution in [0.1, 0.15) is 19.3 Å². The minimum Gasteiger partial charge on any atom is -0.480 e. The molecule has 1 rings (SSSR count). The Morgan fingerprint density at radius 2 is 2.05 bits per heavy atom. The Balaban J connectivity index is 2.65. The Kier molecular flexibility index (Phi) is 5.27. The molecule has 110 valence electrons. The first-order valence-corrected chi connectivity index (χ1v) is 7.36. The summed E-state index contributed by atoms with van der Waals surface area (Å²) in [6, 6.07) is -1.24. The number of hydrogen-bond acceptors (Lipinski definition) is 6. The van der Waals surface area contributed by atoms with Crippen LogP contribution < -0.4 is 0 Å². The zero-order chi connectivity index (χ0) is 14.6. The molecule has 0 amide bonds. The number of hydrogen-bond donors (Lipinski definition) is 2. The van der Waals surface area contributed by atoms with E-state index in [4.69, 9.17) is 5.11 Å². The summed E-state index contributed by atoms with van der Waals surface area (Å²) in [5, 5.41) is 18.3. The average molecular weight is 295 g/mol. The third-order valence-corrected chi connectivity index (χ3v) is 4.81. The van der Waals surface area contributed by atoms with Gasteiger partial charge in [0.15, 0.2) is 0 Å². The van der Waals surface area contributed by atoms with E-state index in [2.05, 4.69) is 4.74 Å². The number of sulfonamides is 1. The van der Waals surface area contributed by atoms with Gasteiger partial charge in [-0.05, 0) is 6.42 Å². The summed E-state index contributed by atoms with van der Waals surface area (Å²) in [5.74, 6) is -2.15. The van der Waals surface area contributed by atoms with Gasteiger partial charge in [-0.15, -0.1) is 0 Å². The van der Waals surface area contributed by atoms with Gasteiger partial charge in [-0.25, -0.2) is 8.42 Å². The van der Waals surface area contributed by atoms with Gasteiger partial charge < -0.3 is 14.9 Å². The van der Waals surface area contributed by atoms with Crippen molar-refractivity contribution < 1.29 is 33.0 Å². The normalized spacial score (nSPS) is 24.3. The number of carboxylic acid groups (broad SMARTS) is 1. The van der Waals surface area contributed by atoms with Gasteiger partial charge in [0.25, 0.3) is 0 Å². The van der Waals surface area contributed by atoms with Gasteiger partial charge in [-0.1, -0.05) is 0 Å². The molecule has 1 saturated heterocycles. The predicted molar refractivity (Wildman–Crippen MR) is 63.8 cm³/mol. The van der Waals surface area contributed by atoms with Crippen molar-refractivity contribution in [3.05, 3.63) is 0 Å². The number of methoxy groups -OCH3 is 1. The van der Waals surface area contributed by atoms with Crippen LogP contribution in [0, 0.1) is 0 Å². The Bertz CT molecular complexity index is 447. The van der Waals surface area contributed by atoms with E-state index in [0.29, 0.717) is 0 Å². The second kappa shape index (κ2) is 6.31. The number of carbonyl (C=O) groups excluding carboxylic acids is 1. The lowest BCUT2D eigenvalue weighted by Gasteiger charge is -2.20. The molecule has 0 saturated carbocycles. The largest absolute Gasteiger partial charge is 0.480 e. The SMILES string of the molecule is COC(=O)CCCS(=O)(=O)N1CC(O)C[C@H]1C(=O)O. The number of aliphatic hydroxyl groups excluding tert-OH is 1. The van der Waals surface area contributed by atoms with Crippen molar-refractivity contribution in [1.29, 1.82) is 0 Å². The molecule has 2 atom stereocenters. The summed E-state index contributed by atoms with van der Waals surface area (Å²) in [6.45, 7) is -0.225. The lowest BCUT2D eigenvalue weighted by Crippen LogP contribution is -2.41. The molecule has 9 heteroatoms. The fourth-order valence-electron chi connectivity index (χ4n) is 1.93. The Morgan fingerprint density at radius 3 is 2.58 bits per heavy atom. The van der Waals surface area contributed by atoms with E-state index < -0.39 is 34.1 Å². The van der Waals surface area contributed by atoms with E-state index in [9.17, 15) is 23.1 Å². The molecule has 0 radical (unpaired) electrons. The van der Waals surface area contributed by atoms with Crippen molar-refractivity contribution in [1.82, 2.24) is 4.31 Å². The summed E-state index contributed by atoms with van der Waals surface area (Å²) < 4.78 is 29.1. The Hall–Kier alpha value is -1.19. The molecule has 0 aromatic carbocycles. The molecular formula is C10H17NO7S. The second-order valence-electron chi connectivity index (χ2n) is 4.31. The number of esters is 1. The Labute approximate surface area is 111 Å². The third kappa shape index (κ3) is 4.15. The first-order valence-electron chi connectivity index (χ1n) is 5.75. The first-order chi connectivity index (χ1) is 8.77. The summed E-state index contributed by atoms with van der Waals surface area (Å²) >= 11 is 0. The number of rotatable bonds is 6. The highest BCUT2D eigenvalue weighted by atomic mass is 32.2. The number of aliphatic carboxylic acids is 1. The minimum atomic E-state index is -3.81. The van der Waals surface area contributed by atoms with Crippen LogP contribution in [0.2, 0.25) is 0 Å². The van der Waals surface area contributed by atoms with Crippen molar-refractivity contribution in [3.8, 4) is 0 Å². The van der Waals surface area contributed by atoms with Crippen LogP contribution in [0.4, 0.5) is 0 Å². The molecule has 0 aromatic rings. The zero-order valence-electron chi connectivity index (χ0n) is 10.5. The monoisotopic (exact) mass is 295 g/mol. The van der Waals surface area contributed by atoms with Crippen LogP contribution >= 0.6 is 0 Å². The van der Waals surface area contributed by atoms with E-state index in [1.807, 2.05) is 0 Å². The lowest BCUT2D eigenvalue weighted by atomic mass is 10.2. The maximum absolute atomic E-state index is 12.0. The van der Waals surface area contributed by atoms with Crippen LogP contribution in [0.3, 0.4) is 0 Å². The van der Waals surface area contributed by atoms with Crippen molar-refractivity contribution in [2.75, 3.05) is 19.4 Å². The summed E-state index contributed by atoms with van der Waals surface area (Å²) in [6.07, 6.45) is -1.10. The Morgan fingerprint density at radius 1 is 1.42 bits per heavy atom. The van der Waals surface area contributed by atoms with Crippen molar-refractivity contribution in [2.45, 2.75) is 31.4 Å².